The number of esters is 1. The first-order chi connectivity index (χ1) is 23.3. The zero-order chi connectivity index (χ0) is 35.1. The first kappa shape index (κ1) is 39.4. The normalized spacial score (nSPS) is 15.6. The van der Waals surface area contributed by atoms with Gasteiger partial charge in [-0.1, -0.05) is 29.3 Å². The quantitative estimate of drug-likeness (QED) is 0.0774. The van der Waals surface area contributed by atoms with Crippen LogP contribution in [0.4, 0.5) is 8.78 Å². The highest BCUT2D eigenvalue weighted by Gasteiger charge is 2.27. The Bertz CT molecular complexity index is 1720. The third-order valence-corrected chi connectivity index (χ3v) is 8.75. The van der Waals surface area contributed by atoms with Crippen LogP contribution in [0.3, 0.4) is 0 Å². The Morgan fingerprint density at radius 1 is 1.02 bits per heavy atom. The number of carbonyl (C=O) groups is 1. The van der Waals surface area contributed by atoms with Crippen LogP contribution in [0.5, 0.6) is 23.0 Å². The average molecular weight is 784 g/mol. The highest BCUT2D eigenvalue weighted by atomic mass is 35.5. The number of rotatable bonds is 16. The Morgan fingerprint density at radius 3 is 2.34 bits per heavy atom. The second kappa shape index (κ2) is 17.7. The van der Waals surface area contributed by atoms with Gasteiger partial charge in [0.2, 0.25) is 0 Å². The first-order valence-electron chi connectivity index (χ1n) is 15.3. The van der Waals surface area contributed by atoms with Crippen molar-refractivity contribution in [2.45, 2.75) is 32.0 Å². The van der Waals surface area contributed by atoms with Crippen molar-refractivity contribution in [3.63, 3.8) is 0 Å². The number of ether oxygens (including phenoxy) is 5. The fraction of sp³-hybridized carbons (Fsp3) is 0.438. The van der Waals surface area contributed by atoms with Crippen LogP contribution in [-0.4, -0.2) is 78.2 Å². The molecule has 0 radical (unpaired) electrons. The molecule has 50 heavy (non-hydrogen) atoms. The standard InChI is InChI=1S/C32H34Cl2F2N2O10S.ClH/c1-49(41,42)48-30-15-22(5-6-26(30)44-13-10-37-8-11-43-12-9-37)31(39)46-28(16-23-24(33)17-38(40)18-25(23)34)21-4-7-27(47-32(35)36)29(14-21)45-19-20-2-3-20;/h4-7,14-15,17-18,20,28,32H,2-3,8-13,16,19H2,1H3;1H/t28-;/m0./s1. The summed E-state index contributed by atoms with van der Waals surface area (Å²) >= 11 is 12.7. The molecule has 1 aliphatic heterocycles. The van der Waals surface area contributed by atoms with Crippen LogP contribution in [0.1, 0.15) is 40.4 Å². The number of benzene rings is 2. The lowest BCUT2D eigenvalue weighted by molar-refractivity contribution is -0.605. The molecule has 2 aliphatic rings. The monoisotopic (exact) mass is 782 g/mol. The molecule has 0 unspecified atom stereocenters. The summed E-state index contributed by atoms with van der Waals surface area (Å²) in [7, 11) is -4.03. The van der Waals surface area contributed by atoms with Crippen LogP contribution in [0.15, 0.2) is 48.8 Å². The molecule has 1 saturated carbocycles. The maximum atomic E-state index is 13.7. The van der Waals surface area contributed by atoms with E-state index in [2.05, 4.69) is 9.64 Å². The Kier molecular flexibility index (Phi) is 14.0. The number of hydrogen-bond donors (Lipinski definition) is 0. The zero-order valence-corrected chi connectivity index (χ0v) is 29.9. The molecule has 1 atom stereocenters. The van der Waals surface area contributed by atoms with Gasteiger partial charge in [0.25, 0.3) is 0 Å². The summed E-state index contributed by atoms with van der Waals surface area (Å²) in [5, 5.41) is 11.9. The molecule has 2 fully saturated rings. The van der Waals surface area contributed by atoms with E-state index < -0.39 is 28.8 Å². The third kappa shape index (κ3) is 11.6. The topological polar surface area (TPSA) is 137 Å². The highest BCUT2D eigenvalue weighted by molar-refractivity contribution is 7.86. The summed E-state index contributed by atoms with van der Waals surface area (Å²) in [6, 6.07) is 8.05. The molecule has 2 heterocycles. The van der Waals surface area contributed by atoms with Crippen molar-refractivity contribution < 1.29 is 54.6 Å². The van der Waals surface area contributed by atoms with Crippen molar-refractivity contribution in [3.8, 4) is 23.0 Å². The van der Waals surface area contributed by atoms with Gasteiger partial charge < -0.3 is 33.1 Å². The highest BCUT2D eigenvalue weighted by Crippen LogP contribution is 2.38. The summed E-state index contributed by atoms with van der Waals surface area (Å²) < 4.78 is 83.7. The Morgan fingerprint density at radius 2 is 1.70 bits per heavy atom. The summed E-state index contributed by atoms with van der Waals surface area (Å²) in [5.74, 6) is -0.956. The van der Waals surface area contributed by atoms with Gasteiger partial charge in [-0.15, -0.1) is 12.4 Å². The van der Waals surface area contributed by atoms with Crippen LogP contribution >= 0.6 is 35.6 Å². The third-order valence-electron chi connectivity index (χ3n) is 7.61. The van der Waals surface area contributed by atoms with E-state index in [4.69, 9.17) is 46.3 Å². The van der Waals surface area contributed by atoms with Gasteiger partial charge in [-0.25, -0.2) is 4.79 Å². The Balaban J connectivity index is 0.00000562. The first-order valence-corrected chi connectivity index (χ1v) is 17.9. The predicted molar refractivity (Wildman–Crippen MR) is 180 cm³/mol. The minimum absolute atomic E-state index is 0. The lowest BCUT2D eigenvalue weighted by Crippen LogP contribution is -2.38. The van der Waals surface area contributed by atoms with Crippen molar-refractivity contribution in [1.29, 1.82) is 0 Å². The molecule has 0 spiro atoms. The van der Waals surface area contributed by atoms with Gasteiger partial charge in [0.05, 0.1) is 31.6 Å². The molecule has 0 bridgehead atoms. The van der Waals surface area contributed by atoms with Crippen LogP contribution < -0.4 is 23.1 Å². The number of aromatic nitrogens is 1. The lowest BCUT2D eigenvalue weighted by Gasteiger charge is -2.26. The van der Waals surface area contributed by atoms with Crippen molar-refractivity contribution >= 4 is 51.7 Å². The zero-order valence-electron chi connectivity index (χ0n) is 26.7. The van der Waals surface area contributed by atoms with E-state index in [0.29, 0.717) is 30.1 Å². The molecular weight excluding hydrogens is 749 g/mol. The molecule has 12 nitrogen and oxygen atoms in total. The largest absolute Gasteiger partial charge is 0.619 e. The molecular formula is C32H35Cl3F2N2O10S. The number of carbonyl (C=O) groups excluding carboxylic acids is 1. The van der Waals surface area contributed by atoms with Crippen LogP contribution in [0, 0.1) is 11.1 Å². The van der Waals surface area contributed by atoms with E-state index in [1.165, 1.54) is 36.4 Å². The average Bonchev–Trinajstić information content (AvgIpc) is 3.86. The van der Waals surface area contributed by atoms with Gasteiger partial charge in [-0.2, -0.15) is 21.9 Å². The molecule has 3 aromatic rings. The molecule has 2 aromatic carbocycles. The van der Waals surface area contributed by atoms with E-state index in [1.54, 1.807) is 0 Å². The molecule has 274 valence electrons. The number of pyridine rings is 1. The number of alkyl halides is 2. The van der Waals surface area contributed by atoms with Crippen LogP contribution in [-0.2, 0) is 26.0 Å². The lowest BCUT2D eigenvalue weighted by atomic mass is 10.0. The fourth-order valence-corrected chi connectivity index (χ4v) is 6.01. The minimum Gasteiger partial charge on any atom is -0.619 e. The number of morpholine rings is 1. The molecule has 5 rings (SSSR count). The van der Waals surface area contributed by atoms with Gasteiger partial charge in [-0.3, -0.25) is 4.90 Å². The van der Waals surface area contributed by atoms with Crippen LogP contribution in [0.2, 0.25) is 10.0 Å². The summed E-state index contributed by atoms with van der Waals surface area (Å²) in [6.45, 7) is 0.592. The summed E-state index contributed by atoms with van der Waals surface area (Å²) in [6.07, 6.45) is 3.61. The van der Waals surface area contributed by atoms with E-state index in [-0.39, 0.29) is 82.1 Å². The summed E-state index contributed by atoms with van der Waals surface area (Å²) in [4.78, 5) is 15.8. The van der Waals surface area contributed by atoms with Gasteiger partial charge in [0.1, 0.15) is 22.8 Å². The van der Waals surface area contributed by atoms with Gasteiger partial charge in [-0.05, 0) is 48.6 Å². The molecule has 1 saturated heterocycles. The molecule has 1 aliphatic carbocycles. The van der Waals surface area contributed by atoms with Crippen molar-refractivity contribution in [2.24, 2.45) is 5.92 Å². The van der Waals surface area contributed by atoms with Crippen molar-refractivity contribution in [2.75, 3.05) is 52.3 Å². The van der Waals surface area contributed by atoms with E-state index in [9.17, 15) is 27.2 Å². The van der Waals surface area contributed by atoms with Gasteiger partial charge in [0.15, 0.2) is 35.4 Å². The molecule has 0 N–H and O–H groups in total. The second-order valence-corrected chi connectivity index (χ2v) is 13.9. The predicted octanol–water partition coefficient (Wildman–Crippen LogP) is 5.63. The van der Waals surface area contributed by atoms with E-state index >= 15 is 0 Å². The SMILES string of the molecule is CS(=O)(=O)Oc1cc(C(=O)O[C@@H](Cc2c(Cl)c[n+]([O-])cc2Cl)c2ccc(OC(F)F)c(OCC3CC3)c2)ccc1OCCN1CCOCC1.Cl. The molecule has 1 aromatic heterocycles. The van der Waals surface area contributed by atoms with Crippen molar-refractivity contribution in [1.82, 2.24) is 4.90 Å². The van der Waals surface area contributed by atoms with E-state index in [1.807, 2.05) is 0 Å². The number of halogens is 5. The maximum Gasteiger partial charge on any atom is 0.387 e. The molecule has 18 heteroatoms. The number of hydrogen-bond acceptors (Lipinski definition) is 11. The van der Waals surface area contributed by atoms with Crippen LogP contribution in [0.25, 0.3) is 0 Å². The van der Waals surface area contributed by atoms with Gasteiger partial charge >= 0.3 is 22.7 Å². The smallest absolute Gasteiger partial charge is 0.387 e. The fourth-order valence-electron chi connectivity index (χ4n) is 4.95. The maximum absolute atomic E-state index is 13.7. The second-order valence-electron chi connectivity index (χ2n) is 11.5. The minimum atomic E-state index is -4.03. The Hall–Kier alpha value is -3.34. The Labute approximate surface area is 304 Å². The number of nitrogens with zero attached hydrogens (tertiary/aromatic N) is 2. The van der Waals surface area contributed by atoms with Crippen molar-refractivity contribution in [3.05, 3.63) is 80.7 Å². The van der Waals surface area contributed by atoms with E-state index in [0.717, 1.165) is 44.6 Å². The molecule has 0 amide bonds. The van der Waals surface area contributed by atoms with Gasteiger partial charge in [0, 0.05) is 37.7 Å². The summed E-state index contributed by atoms with van der Waals surface area (Å²) in [5.41, 5.74) is 0.490.